The number of rotatable bonds is 6. The molecular weight excluding hydrogens is 274 g/mol. The molecule has 0 bridgehead atoms. The average molecular weight is 289 g/mol. The fourth-order valence-corrected chi connectivity index (χ4v) is 1.61. The molecule has 0 fully saturated rings. The van der Waals surface area contributed by atoms with Crippen LogP contribution in [-0.4, -0.2) is 21.5 Å². The number of nitro groups is 1. The van der Waals surface area contributed by atoms with Gasteiger partial charge in [0, 0.05) is 5.69 Å². The zero-order valence-corrected chi connectivity index (χ0v) is 11.4. The Labute approximate surface area is 121 Å². The molecule has 1 heterocycles. The Morgan fingerprint density at radius 1 is 1.38 bits per heavy atom. The number of nitrogens with zero attached hydrogens (tertiary/aromatic N) is 3. The molecule has 3 N–H and O–H groups in total. The number of nitrogens with two attached hydrogens (primary N) is 1. The summed E-state index contributed by atoms with van der Waals surface area (Å²) >= 11 is 0. The molecule has 1 aromatic heterocycles. The van der Waals surface area contributed by atoms with Crippen LogP contribution in [0, 0.1) is 10.1 Å². The van der Waals surface area contributed by atoms with Crippen LogP contribution in [0.2, 0.25) is 0 Å². The number of nitrogen functional groups attached to an aromatic ring is 1. The van der Waals surface area contributed by atoms with Crippen LogP contribution < -0.4 is 15.8 Å². The Bertz CT molecular complexity index is 630. The maximum atomic E-state index is 10.9. The number of nitrogens with one attached hydrogen (secondary N) is 1. The second-order valence-corrected chi connectivity index (χ2v) is 4.22. The monoisotopic (exact) mass is 289 g/mol. The van der Waals surface area contributed by atoms with Crippen molar-refractivity contribution in [1.29, 1.82) is 0 Å². The molecule has 1 aromatic carbocycles. The number of benzene rings is 1. The van der Waals surface area contributed by atoms with E-state index >= 15 is 0 Å². The lowest BCUT2D eigenvalue weighted by Crippen LogP contribution is -2.04. The van der Waals surface area contributed by atoms with Gasteiger partial charge in [-0.2, -0.15) is 4.98 Å². The van der Waals surface area contributed by atoms with Crippen LogP contribution in [0.15, 0.2) is 30.5 Å². The molecule has 110 valence electrons. The zero-order chi connectivity index (χ0) is 15.2. The van der Waals surface area contributed by atoms with E-state index in [4.69, 9.17) is 10.5 Å². The highest BCUT2D eigenvalue weighted by Crippen LogP contribution is 2.26. The summed E-state index contributed by atoms with van der Waals surface area (Å²) < 4.78 is 5.46. The highest BCUT2D eigenvalue weighted by atomic mass is 16.6. The summed E-state index contributed by atoms with van der Waals surface area (Å²) in [5.41, 5.74) is 5.85. The fraction of sp³-hybridized carbons (Fsp3) is 0.231. The van der Waals surface area contributed by atoms with Crippen LogP contribution in [0.25, 0.3) is 0 Å². The SMILES string of the molecule is CCCOc1ccc(Nc2nc(N)ncc2[N+](=O)[O-])cc1. The number of anilines is 3. The molecule has 8 heteroatoms. The second-order valence-electron chi connectivity index (χ2n) is 4.22. The summed E-state index contributed by atoms with van der Waals surface area (Å²) in [5.74, 6) is 0.750. The van der Waals surface area contributed by atoms with E-state index in [1.165, 1.54) is 0 Å². The Balaban J connectivity index is 2.18. The summed E-state index contributed by atoms with van der Waals surface area (Å²) in [5, 5.41) is 13.8. The summed E-state index contributed by atoms with van der Waals surface area (Å²) in [6.45, 7) is 2.66. The third-order valence-corrected chi connectivity index (χ3v) is 2.57. The van der Waals surface area contributed by atoms with Crippen molar-refractivity contribution in [2.24, 2.45) is 0 Å². The first-order valence-electron chi connectivity index (χ1n) is 6.37. The smallest absolute Gasteiger partial charge is 0.329 e. The van der Waals surface area contributed by atoms with E-state index in [1.54, 1.807) is 24.3 Å². The standard InChI is InChI=1S/C13H15N5O3/c1-2-7-21-10-5-3-9(4-6-10)16-12-11(18(19)20)8-15-13(14)17-12/h3-6,8H,2,7H2,1H3,(H3,14,15,16,17). The van der Waals surface area contributed by atoms with Crippen molar-refractivity contribution in [1.82, 2.24) is 9.97 Å². The third-order valence-electron chi connectivity index (χ3n) is 2.57. The maximum absolute atomic E-state index is 10.9. The van der Waals surface area contributed by atoms with Crippen LogP contribution in [0.4, 0.5) is 23.1 Å². The van der Waals surface area contributed by atoms with Crippen LogP contribution in [0.1, 0.15) is 13.3 Å². The minimum Gasteiger partial charge on any atom is -0.494 e. The number of aromatic nitrogens is 2. The second kappa shape index (κ2) is 6.51. The first-order valence-corrected chi connectivity index (χ1v) is 6.37. The van der Waals surface area contributed by atoms with Gasteiger partial charge in [0.25, 0.3) is 0 Å². The highest BCUT2D eigenvalue weighted by molar-refractivity contribution is 5.66. The molecule has 0 atom stereocenters. The average Bonchev–Trinajstić information content (AvgIpc) is 2.46. The van der Waals surface area contributed by atoms with E-state index in [-0.39, 0.29) is 17.5 Å². The predicted octanol–water partition coefficient (Wildman–Crippen LogP) is 2.50. The minimum atomic E-state index is -0.569. The minimum absolute atomic E-state index is 0.0361. The summed E-state index contributed by atoms with van der Waals surface area (Å²) in [6, 6.07) is 7.03. The molecule has 0 saturated heterocycles. The van der Waals surface area contributed by atoms with Crippen molar-refractivity contribution in [3.63, 3.8) is 0 Å². The van der Waals surface area contributed by atoms with Gasteiger partial charge < -0.3 is 15.8 Å². The molecular formula is C13H15N5O3. The molecule has 21 heavy (non-hydrogen) atoms. The quantitative estimate of drug-likeness (QED) is 0.619. The molecule has 0 radical (unpaired) electrons. The highest BCUT2D eigenvalue weighted by Gasteiger charge is 2.16. The van der Waals surface area contributed by atoms with Gasteiger partial charge in [-0.15, -0.1) is 0 Å². The van der Waals surface area contributed by atoms with Crippen LogP contribution >= 0.6 is 0 Å². The first-order chi connectivity index (χ1) is 10.1. The molecule has 0 saturated carbocycles. The van der Waals surface area contributed by atoms with E-state index in [2.05, 4.69) is 15.3 Å². The Morgan fingerprint density at radius 3 is 2.71 bits per heavy atom. The van der Waals surface area contributed by atoms with Crippen molar-refractivity contribution in [2.45, 2.75) is 13.3 Å². The Morgan fingerprint density at radius 2 is 2.10 bits per heavy atom. The lowest BCUT2D eigenvalue weighted by Gasteiger charge is -2.08. The van der Waals surface area contributed by atoms with Gasteiger partial charge in [0.2, 0.25) is 11.8 Å². The van der Waals surface area contributed by atoms with Crippen LogP contribution in [0.5, 0.6) is 5.75 Å². The molecule has 0 spiro atoms. The lowest BCUT2D eigenvalue weighted by atomic mass is 10.3. The van der Waals surface area contributed by atoms with Gasteiger partial charge in [-0.25, -0.2) is 4.98 Å². The normalized spacial score (nSPS) is 10.1. The van der Waals surface area contributed by atoms with E-state index in [0.717, 1.165) is 18.4 Å². The van der Waals surface area contributed by atoms with Gasteiger partial charge in [-0.3, -0.25) is 10.1 Å². The topological polar surface area (TPSA) is 116 Å². The molecule has 2 aromatic rings. The molecule has 0 unspecified atom stereocenters. The Hall–Kier alpha value is -2.90. The van der Waals surface area contributed by atoms with Crippen molar-refractivity contribution in [3.8, 4) is 5.75 Å². The summed E-state index contributed by atoms with van der Waals surface area (Å²) in [6.07, 6.45) is 2.00. The predicted molar refractivity (Wildman–Crippen MR) is 78.6 cm³/mol. The van der Waals surface area contributed by atoms with E-state index in [9.17, 15) is 10.1 Å². The fourth-order valence-electron chi connectivity index (χ4n) is 1.61. The van der Waals surface area contributed by atoms with Crippen molar-refractivity contribution in [3.05, 3.63) is 40.6 Å². The van der Waals surface area contributed by atoms with Gasteiger partial charge in [0.1, 0.15) is 11.9 Å². The molecule has 0 aliphatic carbocycles. The summed E-state index contributed by atoms with van der Waals surface area (Å²) in [4.78, 5) is 17.8. The van der Waals surface area contributed by atoms with E-state index in [1.807, 2.05) is 6.92 Å². The molecule has 2 rings (SSSR count). The Kier molecular flexibility index (Phi) is 4.50. The zero-order valence-electron chi connectivity index (χ0n) is 11.4. The van der Waals surface area contributed by atoms with Gasteiger partial charge in [0.15, 0.2) is 0 Å². The number of hydrogen-bond donors (Lipinski definition) is 2. The van der Waals surface area contributed by atoms with Crippen molar-refractivity contribution in [2.75, 3.05) is 17.7 Å². The first kappa shape index (κ1) is 14.5. The lowest BCUT2D eigenvalue weighted by molar-refractivity contribution is -0.384. The van der Waals surface area contributed by atoms with Gasteiger partial charge in [-0.05, 0) is 30.7 Å². The van der Waals surface area contributed by atoms with E-state index in [0.29, 0.717) is 12.3 Å². The largest absolute Gasteiger partial charge is 0.494 e. The van der Waals surface area contributed by atoms with Crippen molar-refractivity contribution < 1.29 is 9.66 Å². The molecule has 0 aliphatic heterocycles. The van der Waals surface area contributed by atoms with E-state index < -0.39 is 4.92 Å². The third kappa shape index (κ3) is 3.78. The van der Waals surface area contributed by atoms with Crippen molar-refractivity contribution >= 4 is 23.1 Å². The van der Waals surface area contributed by atoms with Crippen LogP contribution in [0.3, 0.4) is 0 Å². The van der Waals surface area contributed by atoms with Gasteiger partial charge in [0.05, 0.1) is 11.5 Å². The van der Waals surface area contributed by atoms with Crippen LogP contribution in [-0.2, 0) is 0 Å². The van der Waals surface area contributed by atoms with Gasteiger partial charge in [-0.1, -0.05) is 6.92 Å². The summed E-state index contributed by atoms with van der Waals surface area (Å²) in [7, 11) is 0. The molecule has 0 amide bonds. The molecule has 8 nitrogen and oxygen atoms in total. The number of ether oxygens (including phenoxy) is 1. The molecule has 0 aliphatic rings. The number of hydrogen-bond acceptors (Lipinski definition) is 7. The maximum Gasteiger partial charge on any atom is 0.329 e. The van der Waals surface area contributed by atoms with Gasteiger partial charge >= 0.3 is 5.69 Å².